The lowest BCUT2D eigenvalue weighted by atomic mass is 9.67. The van der Waals surface area contributed by atoms with Crippen molar-refractivity contribution in [3.63, 3.8) is 0 Å². The summed E-state index contributed by atoms with van der Waals surface area (Å²) < 4.78 is 0. The van der Waals surface area contributed by atoms with Gasteiger partial charge in [0.25, 0.3) is 0 Å². The lowest BCUT2D eigenvalue weighted by Crippen LogP contribution is -2.28. The van der Waals surface area contributed by atoms with Gasteiger partial charge in [0.2, 0.25) is 0 Å². The van der Waals surface area contributed by atoms with Crippen LogP contribution in [0.4, 0.5) is 0 Å². The van der Waals surface area contributed by atoms with Crippen molar-refractivity contribution in [2.75, 3.05) is 0 Å². The highest BCUT2D eigenvalue weighted by Crippen LogP contribution is 2.63. The molecule has 2 unspecified atom stereocenters. The fourth-order valence-electron chi connectivity index (χ4n) is 6.25. The van der Waals surface area contributed by atoms with Crippen LogP contribution in [-0.2, 0) is 5.41 Å². The minimum Gasteiger partial charge on any atom is -0.0987 e. The molecule has 0 bridgehead atoms. The number of fused-ring (bicyclic) bond motifs is 6. The topological polar surface area (TPSA) is 0 Å². The van der Waals surface area contributed by atoms with E-state index in [4.69, 9.17) is 0 Å². The van der Waals surface area contributed by atoms with Crippen LogP contribution >= 0.6 is 0 Å². The monoisotopic (exact) mass is 410 g/mol. The predicted molar refractivity (Wildman–Crippen MR) is 136 cm³/mol. The Labute approximate surface area is 190 Å². The summed E-state index contributed by atoms with van der Waals surface area (Å²) in [6.45, 7) is 10.9. The molecule has 3 aliphatic carbocycles. The van der Waals surface area contributed by atoms with E-state index in [9.17, 15) is 0 Å². The summed E-state index contributed by atoms with van der Waals surface area (Å²) in [6, 6.07) is 26.6. The van der Waals surface area contributed by atoms with Crippen LogP contribution in [0.15, 0.2) is 121 Å². The van der Waals surface area contributed by atoms with Gasteiger partial charge in [-0.15, -0.1) is 0 Å². The molecular formula is C32H26. The molecule has 32 heavy (non-hydrogen) atoms. The van der Waals surface area contributed by atoms with Crippen LogP contribution in [0.5, 0.6) is 0 Å². The van der Waals surface area contributed by atoms with E-state index in [1.807, 2.05) is 6.08 Å². The first-order valence-electron chi connectivity index (χ1n) is 11.4. The van der Waals surface area contributed by atoms with Gasteiger partial charge in [0.05, 0.1) is 5.41 Å². The van der Waals surface area contributed by atoms with E-state index in [-0.39, 0.29) is 5.41 Å². The third-order valence-electron chi connectivity index (χ3n) is 7.51. The van der Waals surface area contributed by atoms with E-state index in [0.717, 1.165) is 6.42 Å². The zero-order valence-corrected chi connectivity index (χ0v) is 18.4. The Morgan fingerprint density at radius 2 is 1.59 bits per heavy atom. The van der Waals surface area contributed by atoms with Crippen LogP contribution in [0, 0.1) is 5.92 Å². The summed E-state index contributed by atoms with van der Waals surface area (Å²) in [5, 5.41) is 0. The van der Waals surface area contributed by atoms with Gasteiger partial charge in [-0.1, -0.05) is 111 Å². The molecule has 0 aromatic heterocycles. The molecule has 3 aromatic carbocycles. The SMILES string of the molecule is C=CC1=C(C=C)C2(C3=C(c4ccccc42)C(C)CC=C3)c2cc(-c3ccccc3)ccc21. The van der Waals surface area contributed by atoms with Gasteiger partial charge in [0.15, 0.2) is 0 Å². The molecule has 0 saturated heterocycles. The average molecular weight is 411 g/mol. The minimum absolute atomic E-state index is 0.331. The molecule has 0 heteroatoms. The van der Waals surface area contributed by atoms with Gasteiger partial charge in [-0.05, 0) is 74.1 Å². The van der Waals surface area contributed by atoms with Crippen LogP contribution in [0.25, 0.3) is 22.3 Å². The fourth-order valence-corrected chi connectivity index (χ4v) is 6.25. The summed E-state index contributed by atoms with van der Waals surface area (Å²) in [7, 11) is 0. The van der Waals surface area contributed by atoms with Gasteiger partial charge in [-0.25, -0.2) is 0 Å². The van der Waals surface area contributed by atoms with Crippen molar-refractivity contribution in [2.45, 2.75) is 18.8 Å². The highest BCUT2D eigenvalue weighted by atomic mass is 14.5. The van der Waals surface area contributed by atoms with Crippen molar-refractivity contribution in [1.29, 1.82) is 0 Å². The van der Waals surface area contributed by atoms with Crippen molar-refractivity contribution >= 4 is 11.1 Å². The molecule has 2 atom stereocenters. The quantitative estimate of drug-likeness (QED) is 0.409. The molecule has 1 spiro atoms. The normalized spacial score (nSPS) is 22.7. The summed E-state index contributed by atoms with van der Waals surface area (Å²) in [5.74, 6) is 0.495. The number of benzene rings is 3. The number of hydrogen-bond acceptors (Lipinski definition) is 0. The van der Waals surface area contributed by atoms with Gasteiger partial charge in [-0.3, -0.25) is 0 Å². The highest BCUT2D eigenvalue weighted by Gasteiger charge is 2.53. The zero-order chi connectivity index (χ0) is 21.9. The van der Waals surface area contributed by atoms with Crippen molar-refractivity contribution < 1.29 is 0 Å². The first-order chi connectivity index (χ1) is 15.7. The van der Waals surface area contributed by atoms with Crippen LogP contribution in [-0.4, -0.2) is 0 Å². The van der Waals surface area contributed by atoms with Crippen LogP contribution < -0.4 is 0 Å². The lowest BCUT2D eigenvalue weighted by molar-refractivity contribution is 0.729. The maximum absolute atomic E-state index is 4.30. The molecule has 3 aromatic rings. The fraction of sp³-hybridized carbons (Fsp3) is 0.125. The number of rotatable bonds is 3. The third kappa shape index (κ3) is 2.27. The summed E-state index contributed by atoms with van der Waals surface area (Å²) in [4.78, 5) is 0. The van der Waals surface area contributed by atoms with Gasteiger partial charge in [0, 0.05) is 0 Å². The molecule has 154 valence electrons. The maximum Gasteiger partial charge on any atom is 0.0722 e. The molecule has 0 heterocycles. The van der Waals surface area contributed by atoms with Gasteiger partial charge in [-0.2, -0.15) is 0 Å². The van der Waals surface area contributed by atoms with E-state index in [1.54, 1.807) is 0 Å². The van der Waals surface area contributed by atoms with Crippen molar-refractivity contribution in [3.8, 4) is 11.1 Å². The Hall–Kier alpha value is -3.64. The average Bonchev–Trinajstić information content (AvgIpc) is 3.31. The summed E-state index contributed by atoms with van der Waals surface area (Å²) >= 11 is 0. The van der Waals surface area contributed by atoms with E-state index in [0.29, 0.717) is 5.92 Å². The Kier molecular flexibility index (Phi) is 4.13. The Morgan fingerprint density at radius 1 is 0.812 bits per heavy atom. The van der Waals surface area contributed by atoms with Crippen molar-refractivity contribution in [3.05, 3.63) is 144 Å². The van der Waals surface area contributed by atoms with Crippen molar-refractivity contribution in [2.24, 2.45) is 5.92 Å². The standard InChI is InChI=1S/C32H26/c1-4-24-25-19-18-23(22-13-7-6-8-14-22)20-30(25)32(27(24)5-2)28-16-10-9-15-26(28)31-21(3)12-11-17-29(31)32/h4-11,13-21H,1-2,12H2,3H3. The molecule has 3 aliphatic rings. The third-order valence-corrected chi connectivity index (χ3v) is 7.51. The Balaban J connectivity index is 1.75. The van der Waals surface area contributed by atoms with Crippen molar-refractivity contribution in [1.82, 2.24) is 0 Å². The van der Waals surface area contributed by atoms with E-state index in [1.165, 1.54) is 55.7 Å². The molecule has 6 rings (SSSR count). The first kappa shape index (κ1) is 19.1. The van der Waals surface area contributed by atoms with Gasteiger partial charge < -0.3 is 0 Å². The molecule has 0 radical (unpaired) electrons. The number of allylic oxidation sites excluding steroid dienone is 8. The molecule has 0 saturated carbocycles. The molecule has 0 nitrogen and oxygen atoms in total. The van der Waals surface area contributed by atoms with E-state index < -0.39 is 0 Å². The van der Waals surface area contributed by atoms with E-state index in [2.05, 4.69) is 111 Å². The molecule has 0 aliphatic heterocycles. The second kappa shape index (κ2) is 6.93. The first-order valence-corrected chi connectivity index (χ1v) is 11.4. The van der Waals surface area contributed by atoms with Crippen LogP contribution in [0.1, 0.15) is 35.6 Å². The second-order valence-corrected chi connectivity index (χ2v) is 9.02. The van der Waals surface area contributed by atoms with Crippen LogP contribution in [0.2, 0.25) is 0 Å². The summed E-state index contributed by atoms with van der Waals surface area (Å²) in [6.07, 6.45) is 9.90. The molecule has 0 fully saturated rings. The Bertz CT molecular complexity index is 1380. The van der Waals surface area contributed by atoms with Crippen LogP contribution in [0.3, 0.4) is 0 Å². The van der Waals surface area contributed by atoms with Gasteiger partial charge in [0.1, 0.15) is 0 Å². The Morgan fingerprint density at radius 3 is 2.38 bits per heavy atom. The zero-order valence-electron chi connectivity index (χ0n) is 18.4. The predicted octanol–water partition coefficient (Wildman–Crippen LogP) is 8.14. The largest absolute Gasteiger partial charge is 0.0987 e. The maximum atomic E-state index is 4.30. The number of hydrogen-bond donors (Lipinski definition) is 0. The lowest BCUT2D eigenvalue weighted by Gasteiger charge is -2.34. The smallest absolute Gasteiger partial charge is 0.0722 e. The minimum atomic E-state index is -0.331. The van der Waals surface area contributed by atoms with E-state index >= 15 is 0 Å². The van der Waals surface area contributed by atoms with Gasteiger partial charge >= 0.3 is 0 Å². The second-order valence-electron chi connectivity index (χ2n) is 9.02. The molecular weight excluding hydrogens is 384 g/mol. The summed E-state index contributed by atoms with van der Waals surface area (Å²) in [5.41, 5.74) is 12.9. The highest BCUT2D eigenvalue weighted by molar-refractivity contribution is 5.99. The molecule has 0 N–H and O–H groups in total. The molecule has 0 amide bonds.